The van der Waals surface area contributed by atoms with Crippen molar-refractivity contribution in [3.05, 3.63) is 58.0 Å². The molecule has 1 saturated carbocycles. The Morgan fingerprint density at radius 2 is 1.94 bits per heavy atom. The molecule has 0 amide bonds. The monoisotopic (exact) mass is 456 g/mol. The molecule has 5 rings (SSSR count). The fourth-order valence-electron chi connectivity index (χ4n) is 5.28. The van der Waals surface area contributed by atoms with Crippen LogP contribution in [0.3, 0.4) is 0 Å². The summed E-state index contributed by atoms with van der Waals surface area (Å²) in [6, 6.07) is 8.67. The van der Waals surface area contributed by atoms with Gasteiger partial charge in [-0.1, -0.05) is 30.5 Å². The van der Waals surface area contributed by atoms with Gasteiger partial charge in [-0.3, -0.25) is 9.56 Å². The quantitative estimate of drug-likeness (QED) is 0.525. The Hall–Kier alpha value is -2.47. The molecular formula is C22H21ClN4O3S. The number of anilines is 1. The fourth-order valence-corrected chi connectivity index (χ4v) is 5.96. The van der Waals surface area contributed by atoms with E-state index in [-0.39, 0.29) is 17.0 Å². The van der Waals surface area contributed by atoms with Crippen LogP contribution in [0, 0.1) is 18.4 Å². The maximum Gasteiger partial charge on any atom is 0.312 e. The number of rotatable bonds is 3. The molecule has 3 aliphatic rings. The lowest BCUT2D eigenvalue weighted by Gasteiger charge is -2.34. The Bertz CT molecular complexity index is 1230. The molecule has 2 aliphatic carbocycles. The molecule has 1 N–H and O–H groups in total. The number of halogens is 1. The van der Waals surface area contributed by atoms with E-state index < -0.39 is 10.1 Å². The molecular weight excluding hydrogens is 436 g/mol. The van der Waals surface area contributed by atoms with Crippen LogP contribution in [-0.2, 0) is 16.5 Å². The van der Waals surface area contributed by atoms with Crippen molar-refractivity contribution in [2.75, 3.05) is 5.01 Å². The maximum absolute atomic E-state index is 11.5. The van der Waals surface area contributed by atoms with Crippen molar-refractivity contribution >= 4 is 38.8 Å². The Labute approximate surface area is 186 Å². The number of hydrogen-bond donors (Lipinski definition) is 1. The minimum atomic E-state index is -4.35. The van der Waals surface area contributed by atoms with Gasteiger partial charge in [0.1, 0.15) is 0 Å². The topological polar surface area (TPSA) is 87.2 Å². The number of benzene rings is 1. The van der Waals surface area contributed by atoms with Crippen LogP contribution < -0.4 is 5.01 Å². The first-order valence-corrected chi connectivity index (χ1v) is 12.2. The number of aryl methyl sites for hydroxylation is 1. The molecule has 2 unspecified atom stereocenters. The van der Waals surface area contributed by atoms with Crippen molar-refractivity contribution in [1.82, 2.24) is 4.98 Å². The van der Waals surface area contributed by atoms with Crippen LogP contribution in [0.15, 0.2) is 40.5 Å². The van der Waals surface area contributed by atoms with Crippen molar-refractivity contribution in [1.29, 1.82) is 0 Å². The summed E-state index contributed by atoms with van der Waals surface area (Å²) in [7, 11) is -4.35. The van der Waals surface area contributed by atoms with Crippen molar-refractivity contribution in [3.63, 3.8) is 0 Å². The standard InChI is InChI=1S/C22H21ClN4O3S/c1-24-19-9-6-14(12-17(19)23)27-22(13-4-2-3-5-13)16-7-10-18-15(21(16)26-27)8-11-20(25-18)31(28,29)30/h6,8-9,11-13,16,22H,2-5,7,10H2,(H,28,29,30). The summed E-state index contributed by atoms with van der Waals surface area (Å²) in [5.74, 6) is 0.727. The highest BCUT2D eigenvalue weighted by molar-refractivity contribution is 7.85. The lowest BCUT2D eigenvalue weighted by molar-refractivity contribution is 0.352. The van der Waals surface area contributed by atoms with Crippen LogP contribution >= 0.6 is 11.6 Å². The van der Waals surface area contributed by atoms with Gasteiger partial charge in [0.25, 0.3) is 0 Å². The molecule has 2 aromatic rings. The van der Waals surface area contributed by atoms with Gasteiger partial charge in [-0.05, 0) is 55.9 Å². The second kappa shape index (κ2) is 7.59. The van der Waals surface area contributed by atoms with Crippen molar-refractivity contribution in [2.45, 2.75) is 49.6 Å². The average Bonchev–Trinajstić information content (AvgIpc) is 3.40. The molecule has 160 valence electrons. The van der Waals surface area contributed by atoms with Gasteiger partial charge >= 0.3 is 10.1 Å². The van der Waals surface area contributed by atoms with E-state index in [4.69, 9.17) is 23.3 Å². The number of fused-ring (bicyclic) bond motifs is 3. The molecule has 1 fully saturated rings. The summed E-state index contributed by atoms with van der Waals surface area (Å²) in [6.07, 6.45) is 6.19. The van der Waals surface area contributed by atoms with Gasteiger partial charge in [-0.25, -0.2) is 9.83 Å². The minimum Gasteiger partial charge on any atom is -0.281 e. The predicted molar refractivity (Wildman–Crippen MR) is 118 cm³/mol. The van der Waals surface area contributed by atoms with E-state index in [2.05, 4.69) is 14.8 Å². The van der Waals surface area contributed by atoms with E-state index in [0.29, 0.717) is 28.7 Å². The Balaban J connectivity index is 1.60. The van der Waals surface area contributed by atoms with Crippen molar-refractivity contribution in [3.8, 4) is 0 Å². The third kappa shape index (κ3) is 3.51. The van der Waals surface area contributed by atoms with E-state index in [1.54, 1.807) is 18.2 Å². The average molecular weight is 457 g/mol. The highest BCUT2D eigenvalue weighted by atomic mass is 35.5. The van der Waals surface area contributed by atoms with E-state index in [0.717, 1.165) is 36.2 Å². The fraction of sp³-hybridized carbons (Fsp3) is 0.409. The third-order valence-electron chi connectivity index (χ3n) is 6.64. The molecule has 1 aliphatic heterocycles. The largest absolute Gasteiger partial charge is 0.312 e. The lowest BCUT2D eigenvalue weighted by Crippen LogP contribution is -2.40. The van der Waals surface area contributed by atoms with Gasteiger partial charge in [-0.2, -0.15) is 13.5 Å². The summed E-state index contributed by atoms with van der Waals surface area (Å²) < 4.78 is 32.4. The summed E-state index contributed by atoms with van der Waals surface area (Å²) in [6.45, 7) is 7.25. The van der Waals surface area contributed by atoms with E-state index in [1.165, 1.54) is 18.9 Å². The Kier molecular flexibility index (Phi) is 5.00. The van der Waals surface area contributed by atoms with Gasteiger partial charge < -0.3 is 0 Å². The van der Waals surface area contributed by atoms with Crippen LogP contribution in [0.2, 0.25) is 5.02 Å². The Morgan fingerprint density at radius 1 is 1.16 bits per heavy atom. The van der Waals surface area contributed by atoms with Crippen molar-refractivity contribution in [2.24, 2.45) is 16.9 Å². The molecule has 31 heavy (non-hydrogen) atoms. The normalized spacial score (nSPS) is 23.3. The van der Waals surface area contributed by atoms with Gasteiger partial charge in [0.2, 0.25) is 5.69 Å². The molecule has 0 bridgehead atoms. The first kappa shape index (κ1) is 20.4. The highest BCUT2D eigenvalue weighted by Crippen LogP contribution is 2.45. The van der Waals surface area contributed by atoms with Crippen LogP contribution in [0.5, 0.6) is 0 Å². The summed E-state index contributed by atoms with van der Waals surface area (Å²) in [5, 5.41) is 7.14. The zero-order valence-corrected chi connectivity index (χ0v) is 18.3. The lowest BCUT2D eigenvalue weighted by atomic mass is 9.76. The zero-order valence-electron chi connectivity index (χ0n) is 16.7. The van der Waals surface area contributed by atoms with E-state index in [9.17, 15) is 13.0 Å². The predicted octanol–water partition coefficient (Wildman–Crippen LogP) is 4.88. The SMILES string of the molecule is [C-]#[N+]c1ccc(N2N=C3c4ccc(S(=O)(=O)O)nc4CCC3C2C2CCCC2)cc1Cl. The van der Waals surface area contributed by atoms with Crippen LogP contribution in [0.1, 0.15) is 43.4 Å². The summed E-state index contributed by atoms with van der Waals surface area (Å²) in [5.41, 5.74) is 3.69. The molecule has 2 atom stereocenters. The molecule has 9 heteroatoms. The number of hydrazone groups is 1. The smallest absolute Gasteiger partial charge is 0.281 e. The van der Waals surface area contributed by atoms with Crippen molar-refractivity contribution < 1.29 is 13.0 Å². The minimum absolute atomic E-state index is 0.196. The summed E-state index contributed by atoms with van der Waals surface area (Å²) >= 11 is 6.33. The second-order valence-corrected chi connectivity index (χ2v) is 10.2. The molecule has 2 heterocycles. The van der Waals surface area contributed by atoms with Gasteiger partial charge in [0, 0.05) is 16.5 Å². The first-order valence-electron chi connectivity index (χ1n) is 10.4. The number of hydrogen-bond acceptors (Lipinski definition) is 5. The molecule has 1 aromatic carbocycles. The van der Waals surface area contributed by atoms with Crippen LogP contribution in [0.25, 0.3) is 4.85 Å². The maximum atomic E-state index is 11.5. The van der Waals surface area contributed by atoms with Gasteiger partial charge in [0.05, 0.1) is 29.7 Å². The molecule has 7 nitrogen and oxygen atoms in total. The first-order chi connectivity index (χ1) is 14.9. The molecule has 0 radical (unpaired) electrons. The molecule has 0 spiro atoms. The van der Waals surface area contributed by atoms with Crippen LogP contribution in [0.4, 0.5) is 11.4 Å². The second-order valence-electron chi connectivity index (χ2n) is 8.38. The number of aromatic nitrogens is 1. The Morgan fingerprint density at radius 3 is 2.61 bits per heavy atom. The molecule has 0 saturated heterocycles. The van der Waals surface area contributed by atoms with Gasteiger partial charge in [-0.15, -0.1) is 0 Å². The third-order valence-corrected chi connectivity index (χ3v) is 7.70. The summed E-state index contributed by atoms with van der Waals surface area (Å²) in [4.78, 5) is 7.66. The highest BCUT2D eigenvalue weighted by Gasteiger charge is 2.46. The number of nitrogens with zero attached hydrogens (tertiary/aromatic N) is 4. The van der Waals surface area contributed by atoms with E-state index in [1.807, 2.05) is 6.07 Å². The van der Waals surface area contributed by atoms with Crippen LogP contribution in [-0.4, -0.2) is 29.7 Å². The molecule has 1 aromatic heterocycles. The zero-order chi connectivity index (χ0) is 21.8. The van der Waals surface area contributed by atoms with E-state index >= 15 is 0 Å². The van der Waals surface area contributed by atoms with Gasteiger partial charge in [0.15, 0.2) is 5.03 Å². The number of pyridine rings is 1.